The minimum atomic E-state index is -5.82. The van der Waals surface area contributed by atoms with Gasteiger partial charge in [0.05, 0.1) is 12.7 Å². The van der Waals surface area contributed by atoms with Crippen molar-refractivity contribution in [2.24, 2.45) is 0 Å². The fraction of sp³-hybridized carbons (Fsp3) is 0.850. The largest absolute Gasteiger partial charge is 0.534 e. The van der Waals surface area contributed by atoms with E-state index in [4.69, 9.17) is 0 Å². The van der Waals surface area contributed by atoms with E-state index >= 15 is 0 Å². The zero-order valence-corrected chi connectivity index (χ0v) is 18.6. The molecule has 0 N–H and O–H groups in total. The zero-order valence-electron chi connectivity index (χ0n) is 17.8. The van der Waals surface area contributed by atoms with Crippen LogP contribution in [0.3, 0.4) is 0 Å². The van der Waals surface area contributed by atoms with Crippen LogP contribution in [0.25, 0.3) is 0 Å². The van der Waals surface area contributed by atoms with E-state index in [-0.39, 0.29) is 12.0 Å². The maximum Gasteiger partial charge on any atom is 0.534 e. The van der Waals surface area contributed by atoms with E-state index in [1.807, 2.05) is 0 Å². The van der Waals surface area contributed by atoms with Crippen molar-refractivity contribution in [3.8, 4) is 0 Å². The predicted octanol–water partition coefficient (Wildman–Crippen LogP) is 6.39. The van der Waals surface area contributed by atoms with Gasteiger partial charge >= 0.3 is 21.6 Å². The SMILES string of the molecule is CCCCCCCCCCCCCC/C(OS(=O)(=O)C(F)(F)F)=C(\C)C(=O)OC. The molecular weight excluding hydrogens is 409 g/mol. The lowest BCUT2D eigenvalue weighted by Gasteiger charge is -2.14. The molecule has 0 aromatic carbocycles. The van der Waals surface area contributed by atoms with Gasteiger partial charge in [-0.25, -0.2) is 4.79 Å². The molecule has 0 heterocycles. The van der Waals surface area contributed by atoms with Crippen LogP contribution in [0, 0.1) is 0 Å². The molecule has 0 unspecified atom stereocenters. The number of allylic oxidation sites excluding steroid dienone is 1. The predicted molar refractivity (Wildman–Crippen MR) is 106 cm³/mol. The number of halogens is 3. The smallest absolute Gasteiger partial charge is 0.466 e. The highest BCUT2D eigenvalue weighted by Gasteiger charge is 2.49. The fourth-order valence-electron chi connectivity index (χ4n) is 2.86. The minimum Gasteiger partial charge on any atom is -0.466 e. The molecule has 0 amide bonds. The standard InChI is InChI=1S/C20H35F3O5S/c1-4-5-6-7-8-9-10-11-12-13-14-15-16-18(17(2)19(24)27-3)28-29(25,26)20(21,22)23/h4-16H2,1-3H3/b18-17-. The van der Waals surface area contributed by atoms with E-state index in [1.54, 1.807) is 0 Å². The van der Waals surface area contributed by atoms with Crippen LogP contribution < -0.4 is 0 Å². The second-order valence-electron chi connectivity index (χ2n) is 7.16. The van der Waals surface area contributed by atoms with E-state index in [2.05, 4.69) is 15.8 Å². The zero-order chi connectivity index (χ0) is 22.3. The number of alkyl halides is 3. The van der Waals surface area contributed by atoms with Gasteiger partial charge in [-0.05, 0) is 13.3 Å². The Balaban J connectivity index is 4.32. The van der Waals surface area contributed by atoms with Crippen LogP contribution in [0.2, 0.25) is 0 Å². The third kappa shape index (κ3) is 12.1. The molecule has 0 aliphatic rings. The highest BCUT2D eigenvalue weighted by Crippen LogP contribution is 2.29. The molecule has 0 fully saturated rings. The van der Waals surface area contributed by atoms with Gasteiger partial charge in [0.2, 0.25) is 0 Å². The molecule has 0 saturated carbocycles. The van der Waals surface area contributed by atoms with Crippen LogP contribution in [0.15, 0.2) is 11.3 Å². The van der Waals surface area contributed by atoms with Crippen LogP contribution in [0.4, 0.5) is 13.2 Å². The maximum atomic E-state index is 12.6. The third-order valence-corrected chi connectivity index (χ3v) is 5.65. The summed E-state index contributed by atoms with van der Waals surface area (Å²) in [4.78, 5) is 11.6. The number of carbonyl (C=O) groups excluding carboxylic acids is 1. The normalized spacial score (nSPS) is 13.2. The summed E-state index contributed by atoms with van der Waals surface area (Å²) in [6.07, 6.45) is 12.8. The van der Waals surface area contributed by atoms with Crippen LogP contribution in [-0.4, -0.2) is 27.0 Å². The molecule has 0 bridgehead atoms. The number of hydrogen-bond acceptors (Lipinski definition) is 5. The molecule has 0 saturated heterocycles. The summed E-state index contributed by atoms with van der Waals surface area (Å²) in [6.45, 7) is 3.38. The topological polar surface area (TPSA) is 69.7 Å². The highest BCUT2D eigenvalue weighted by molar-refractivity contribution is 7.87. The summed E-state index contributed by atoms with van der Waals surface area (Å²) >= 11 is 0. The quantitative estimate of drug-likeness (QED) is 0.0689. The maximum absolute atomic E-state index is 12.6. The first kappa shape index (κ1) is 27.8. The average molecular weight is 445 g/mol. The van der Waals surface area contributed by atoms with Gasteiger partial charge in [-0.1, -0.05) is 77.6 Å². The Morgan fingerprint density at radius 1 is 0.828 bits per heavy atom. The van der Waals surface area contributed by atoms with Crippen molar-refractivity contribution in [3.63, 3.8) is 0 Å². The minimum absolute atomic E-state index is 0.0757. The number of methoxy groups -OCH3 is 1. The van der Waals surface area contributed by atoms with Gasteiger partial charge in [-0.2, -0.15) is 21.6 Å². The molecule has 0 aliphatic heterocycles. The van der Waals surface area contributed by atoms with Crippen LogP contribution in [-0.2, 0) is 23.8 Å². The molecule has 0 rings (SSSR count). The van der Waals surface area contributed by atoms with E-state index < -0.39 is 27.4 Å². The molecular formula is C20H35F3O5S. The van der Waals surface area contributed by atoms with Gasteiger partial charge in [0.15, 0.2) is 0 Å². The van der Waals surface area contributed by atoms with Crippen molar-refractivity contribution in [3.05, 3.63) is 11.3 Å². The first-order valence-corrected chi connectivity index (χ1v) is 11.8. The lowest BCUT2D eigenvalue weighted by atomic mass is 10.0. The number of rotatable bonds is 16. The van der Waals surface area contributed by atoms with E-state index in [1.165, 1.54) is 51.9 Å². The molecule has 0 aromatic heterocycles. The number of ether oxygens (including phenoxy) is 1. The Hall–Kier alpha value is -1.25. The molecule has 29 heavy (non-hydrogen) atoms. The van der Waals surface area contributed by atoms with Crippen molar-refractivity contribution in [1.29, 1.82) is 0 Å². The average Bonchev–Trinajstić information content (AvgIpc) is 2.65. The van der Waals surface area contributed by atoms with Crippen LogP contribution in [0.1, 0.15) is 97.3 Å². The Kier molecular flexibility index (Phi) is 14.1. The van der Waals surface area contributed by atoms with E-state index in [0.717, 1.165) is 26.4 Å². The van der Waals surface area contributed by atoms with Gasteiger partial charge in [-0.15, -0.1) is 0 Å². The van der Waals surface area contributed by atoms with Gasteiger partial charge in [-0.3, -0.25) is 0 Å². The van der Waals surface area contributed by atoms with Crippen LogP contribution in [0.5, 0.6) is 0 Å². The summed E-state index contributed by atoms with van der Waals surface area (Å²) in [5, 5.41) is 0. The molecule has 5 nitrogen and oxygen atoms in total. The molecule has 0 aromatic rings. The first-order chi connectivity index (χ1) is 13.6. The van der Waals surface area contributed by atoms with E-state index in [0.29, 0.717) is 12.8 Å². The first-order valence-electron chi connectivity index (χ1n) is 10.4. The molecule has 0 aliphatic carbocycles. The van der Waals surface area contributed by atoms with Gasteiger partial charge < -0.3 is 8.92 Å². The number of hydrogen-bond donors (Lipinski definition) is 0. The lowest BCUT2D eigenvalue weighted by molar-refractivity contribution is -0.136. The summed E-state index contributed by atoms with van der Waals surface area (Å²) in [5.74, 6) is -1.43. The van der Waals surface area contributed by atoms with Crippen molar-refractivity contribution < 1.29 is 35.3 Å². The summed E-state index contributed by atoms with van der Waals surface area (Å²) in [6, 6.07) is 0. The van der Waals surface area contributed by atoms with Crippen molar-refractivity contribution in [2.45, 2.75) is 103 Å². The van der Waals surface area contributed by atoms with Crippen molar-refractivity contribution in [2.75, 3.05) is 7.11 Å². The molecule has 172 valence electrons. The molecule has 0 radical (unpaired) electrons. The number of esters is 1. The summed E-state index contributed by atoms with van der Waals surface area (Å²) in [7, 11) is -4.75. The number of carbonyl (C=O) groups is 1. The second kappa shape index (κ2) is 14.7. The number of unbranched alkanes of at least 4 members (excludes halogenated alkanes) is 11. The Morgan fingerprint density at radius 2 is 1.24 bits per heavy atom. The summed E-state index contributed by atoms with van der Waals surface area (Å²) < 4.78 is 68.9. The molecule has 9 heteroatoms. The van der Waals surface area contributed by atoms with Crippen LogP contribution >= 0.6 is 0 Å². The highest BCUT2D eigenvalue weighted by atomic mass is 32.2. The third-order valence-electron chi connectivity index (χ3n) is 4.66. The second-order valence-corrected chi connectivity index (χ2v) is 8.70. The van der Waals surface area contributed by atoms with Gasteiger partial charge in [0, 0.05) is 6.42 Å². The molecule has 0 atom stereocenters. The monoisotopic (exact) mass is 444 g/mol. The Labute approximate surface area is 173 Å². The van der Waals surface area contributed by atoms with E-state index in [9.17, 15) is 26.4 Å². The Morgan fingerprint density at radius 3 is 1.62 bits per heavy atom. The van der Waals surface area contributed by atoms with Crippen molar-refractivity contribution in [1.82, 2.24) is 0 Å². The summed E-state index contributed by atoms with van der Waals surface area (Å²) in [5.41, 5.74) is -5.83. The van der Waals surface area contributed by atoms with Gasteiger partial charge in [0.1, 0.15) is 5.76 Å². The fourth-order valence-corrected chi connectivity index (χ4v) is 3.43. The van der Waals surface area contributed by atoms with Gasteiger partial charge in [0.25, 0.3) is 0 Å². The lowest BCUT2D eigenvalue weighted by Crippen LogP contribution is -2.26. The molecule has 0 spiro atoms. The van der Waals surface area contributed by atoms with Crippen molar-refractivity contribution >= 4 is 16.1 Å². The Bertz CT molecular complexity index is 598.